The summed E-state index contributed by atoms with van der Waals surface area (Å²) in [5.41, 5.74) is 0.760. The van der Waals surface area contributed by atoms with Crippen molar-refractivity contribution in [3.05, 3.63) is 11.1 Å². The van der Waals surface area contributed by atoms with E-state index in [2.05, 4.69) is 0 Å². The Morgan fingerprint density at radius 2 is 1.21 bits per heavy atom. The first kappa shape index (κ1) is 22.7. The molecule has 0 N–H and O–H groups in total. The molecule has 0 aromatic rings. The summed E-state index contributed by atoms with van der Waals surface area (Å²) in [5, 5.41) is 0. The fraction of sp³-hybridized carbons (Fsp3) is 0.800. The van der Waals surface area contributed by atoms with Crippen molar-refractivity contribution >= 4 is 11.9 Å². The Kier molecular flexibility index (Phi) is 9.31. The summed E-state index contributed by atoms with van der Waals surface area (Å²) in [6, 6.07) is 0. The summed E-state index contributed by atoms with van der Waals surface area (Å²) in [6.45, 7) is 18.6. The van der Waals surface area contributed by atoms with Gasteiger partial charge in [0.2, 0.25) is 0 Å². The molecular weight excluding hydrogens is 304 g/mol. The van der Waals surface area contributed by atoms with Gasteiger partial charge in [-0.25, -0.2) is 9.59 Å². The van der Waals surface area contributed by atoms with Crippen LogP contribution in [0.1, 0.15) is 68.7 Å². The summed E-state index contributed by atoms with van der Waals surface area (Å²) >= 11 is 0. The number of esters is 2. The van der Waals surface area contributed by atoms with E-state index >= 15 is 0 Å². The van der Waals surface area contributed by atoms with Crippen LogP contribution >= 0.6 is 0 Å². The third-order valence-corrected chi connectivity index (χ3v) is 3.17. The summed E-state index contributed by atoms with van der Waals surface area (Å²) in [4.78, 5) is 25.2. The minimum atomic E-state index is -0.403. The Balaban J connectivity index is 5.70. The predicted octanol–water partition coefficient (Wildman–Crippen LogP) is 4.77. The fourth-order valence-corrected chi connectivity index (χ4v) is 2.16. The van der Waals surface area contributed by atoms with Crippen molar-refractivity contribution < 1.29 is 19.1 Å². The average Bonchev–Trinajstić information content (AvgIpc) is 2.39. The highest BCUT2D eigenvalue weighted by Gasteiger charge is 2.29. The van der Waals surface area contributed by atoms with Crippen molar-refractivity contribution in [2.75, 3.05) is 13.2 Å². The lowest BCUT2D eigenvalue weighted by molar-refractivity contribution is -0.144. The molecule has 0 spiro atoms. The van der Waals surface area contributed by atoms with E-state index in [0.717, 1.165) is 0 Å². The molecule has 4 nitrogen and oxygen atoms in total. The molecule has 140 valence electrons. The lowest BCUT2D eigenvalue weighted by Crippen LogP contribution is -2.24. The van der Waals surface area contributed by atoms with E-state index in [1.54, 1.807) is 0 Å². The first-order chi connectivity index (χ1) is 10.8. The van der Waals surface area contributed by atoms with Crippen molar-refractivity contribution in [1.29, 1.82) is 0 Å². The van der Waals surface area contributed by atoms with Crippen LogP contribution in [0.4, 0.5) is 0 Å². The smallest absolute Gasteiger partial charge is 0.334 e. The van der Waals surface area contributed by atoms with E-state index in [0.29, 0.717) is 30.8 Å². The largest absolute Gasteiger partial charge is 0.462 e. The van der Waals surface area contributed by atoms with Crippen LogP contribution in [-0.2, 0) is 19.1 Å². The van der Waals surface area contributed by atoms with Crippen LogP contribution in [0.25, 0.3) is 0 Å². The molecule has 24 heavy (non-hydrogen) atoms. The van der Waals surface area contributed by atoms with Gasteiger partial charge in [-0.2, -0.15) is 0 Å². The Morgan fingerprint density at radius 1 is 0.792 bits per heavy atom. The van der Waals surface area contributed by atoms with E-state index in [4.69, 9.17) is 9.47 Å². The summed E-state index contributed by atoms with van der Waals surface area (Å²) in [5.74, 6) is -0.404. The molecule has 0 saturated heterocycles. The Bertz CT molecular complexity index is 451. The van der Waals surface area contributed by atoms with Crippen LogP contribution in [0.15, 0.2) is 11.1 Å². The van der Waals surface area contributed by atoms with Gasteiger partial charge in [-0.15, -0.1) is 0 Å². The van der Waals surface area contributed by atoms with Crippen molar-refractivity contribution in [3.8, 4) is 0 Å². The van der Waals surface area contributed by atoms with E-state index < -0.39 is 11.9 Å². The third kappa shape index (κ3) is 9.09. The van der Waals surface area contributed by atoms with E-state index in [1.165, 1.54) is 0 Å². The monoisotopic (exact) mass is 340 g/mol. The maximum atomic E-state index is 12.6. The number of carbonyl (C=O) groups excluding carboxylic acids is 2. The third-order valence-electron chi connectivity index (χ3n) is 3.17. The molecule has 0 radical (unpaired) electrons. The minimum absolute atomic E-state index is 0.103. The molecule has 0 aliphatic heterocycles. The van der Waals surface area contributed by atoms with Crippen LogP contribution in [-0.4, -0.2) is 25.2 Å². The lowest BCUT2D eigenvalue weighted by Gasteiger charge is -2.24. The van der Waals surface area contributed by atoms with E-state index in [1.807, 2.05) is 62.3 Å². The predicted molar refractivity (Wildman–Crippen MR) is 97.5 cm³/mol. The molecule has 0 fully saturated rings. The van der Waals surface area contributed by atoms with Crippen LogP contribution < -0.4 is 0 Å². The van der Waals surface area contributed by atoms with Gasteiger partial charge in [0.1, 0.15) is 0 Å². The summed E-state index contributed by atoms with van der Waals surface area (Å²) < 4.78 is 10.8. The van der Waals surface area contributed by atoms with Gasteiger partial charge in [0.25, 0.3) is 0 Å². The van der Waals surface area contributed by atoms with Crippen molar-refractivity contribution in [2.24, 2.45) is 23.2 Å². The molecule has 4 heteroatoms. The fourth-order valence-electron chi connectivity index (χ4n) is 2.16. The van der Waals surface area contributed by atoms with Crippen LogP contribution in [0, 0.1) is 23.2 Å². The highest BCUT2D eigenvalue weighted by molar-refractivity contribution is 6.00. The van der Waals surface area contributed by atoms with Gasteiger partial charge in [0.05, 0.1) is 18.8 Å². The molecule has 0 heterocycles. The van der Waals surface area contributed by atoms with Gasteiger partial charge >= 0.3 is 11.9 Å². The van der Waals surface area contributed by atoms with E-state index in [-0.39, 0.29) is 23.2 Å². The molecule has 0 atom stereocenters. The standard InChI is InChI=1S/C20H36O4/c1-13(2)11-23-18(21)16(10-20(7,8)9)17(15(5)6)19(22)24-12-14(3)4/h13-15H,10-12H2,1-9H3/b17-16-. The molecule has 0 aliphatic carbocycles. The molecular formula is C20H36O4. The van der Waals surface area contributed by atoms with Gasteiger partial charge in [-0.1, -0.05) is 62.3 Å². The normalized spacial score (nSPS) is 13.3. The molecule has 0 saturated carbocycles. The maximum absolute atomic E-state index is 12.6. The second kappa shape index (κ2) is 9.85. The number of hydrogen-bond acceptors (Lipinski definition) is 4. The topological polar surface area (TPSA) is 52.6 Å². The second-order valence-electron chi connectivity index (χ2n) is 8.77. The van der Waals surface area contributed by atoms with Crippen LogP contribution in [0.3, 0.4) is 0 Å². The van der Waals surface area contributed by atoms with E-state index in [9.17, 15) is 9.59 Å². The number of hydrogen-bond donors (Lipinski definition) is 0. The number of carbonyl (C=O) groups is 2. The van der Waals surface area contributed by atoms with Gasteiger partial charge in [0, 0.05) is 5.57 Å². The summed E-state index contributed by atoms with van der Waals surface area (Å²) in [6.07, 6.45) is 0.480. The Hall–Kier alpha value is -1.32. The van der Waals surface area contributed by atoms with Crippen molar-refractivity contribution in [2.45, 2.75) is 68.7 Å². The van der Waals surface area contributed by atoms with Gasteiger partial charge in [-0.05, 0) is 29.6 Å². The quantitative estimate of drug-likeness (QED) is 0.471. The molecule has 0 amide bonds. The molecule has 0 aromatic heterocycles. The molecule has 0 bridgehead atoms. The zero-order chi connectivity index (χ0) is 19.1. The molecule has 0 unspecified atom stereocenters. The Labute approximate surface area is 148 Å². The number of ether oxygens (including phenoxy) is 2. The Morgan fingerprint density at radius 3 is 1.54 bits per heavy atom. The van der Waals surface area contributed by atoms with Crippen LogP contribution in [0.5, 0.6) is 0 Å². The zero-order valence-electron chi connectivity index (χ0n) is 17.0. The SMILES string of the molecule is CC(C)COC(=O)/C(CC(C)(C)C)=C(\C(=O)OCC(C)C)C(C)C. The second-order valence-corrected chi connectivity index (χ2v) is 8.77. The van der Waals surface area contributed by atoms with Gasteiger partial charge < -0.3 is 9.47 Å². The zero-order valence-corrected chi connectivity index (χ0v) is 17.0. The first-order valence-corrected chi connectivity index (χ1v) is 8.92. The van der Waals surface area contributed by atoms with Gasteiger partial charge in [0.15, 0.2) is 0 Å². The first-order valence-electron chi connectivity index (χ1n) is 8.92. The van der Waals surface area contributed by atoms with Crippen molar-refractivity contribution in [3.63, 3.8) is 0 Å². The highest BCUT2D eigenvalue weighted by Crippen LogP contribution is 2.30. The molecule has 0 aromatic carbocycles. The van der Waals surface area contributed by atoms with Gasteiger partial charge in [-0.3, -0.25) is 0 Å². The lowest BCUT2D eigenvalue weighted by atomic mass is 9.83. The number of rotatable bonds is 8. The van der Waals surface area contributed by atoms with Crippen molar-refractivity contribution in [1.82, 2.24) is 0 Å². The van der Waals surface area contributed by atoms with Crippen LogP contribution in [0.2, 0.25) is 0 Å². The highest BCUT2D eigenvalue weighted by atomic mass is 16.5. The maximum Gasteiger partial charge on any atom is 0.334 e. The molecule has 0 aliphatic rings. The molecule has 0 rings (SSSR count). The summed E-state index contributed by atoms with van der Waals surface area (Å²) in [7, 11) is 0. The average molecular weight is 341 g/mol. The minimum Gasteiger partial charge on any atom is -0.462 e.